The molecule has 0 aromatic heterocycles. The highest BCUT2D eigenvalue weighted by Crippen LogP contribution is 2.23. The molecule has 0 radical (unpaired) electrons. The van der Waals surface area contributed by atoms with Crippen molar-refractivity contribution in [3.63, 3.8) is 0 Å². The fourth-order valence-corrected chi connectivity index (χ4v) is 2.78. The second-order valence-corrected chi connectivity index (χ2v) is 5.00. The van der Waals surface area contributed by atoms with Gasteiger partial charge >= 0.3 is 6.03 Å². The molecule has 2 unspecified atom stereocenters. The van der Waals surface area contributed by atoms with E-state index in [0.717, 1.165) is 13.0 Å². The molecule has 2 amide bonds. The van der Waals surface area contributed by atoms with Gasteiger partial charge in [-0.1, -0.05) is 6.92 Å². The standard InChI is InChI=1S/C12H23N3O2/c1-10-3-2-4-15(11(10)9-13)12(16)14-5-7-17-8-6-14/h10-11H,2-9,13H2,1H3. The summed E-state index contributed by atoms with van der Waals surface area (Å²) in [7, 11) is 0. The minimum atomic E-state index is 0.148. The number of ether oxygens (including phenoxy) is 1. The molecule has 0 bridgehead atoms. The number of likely N-dealkylation sites (tertiary alicyclic amines) is 1. The van der Waals surface area contributed by atoms with E-state index in [2.05, 4.69) is 6.92 Å². The van der Waals surface area contributed by atoms with Crippen LogP contribution in [0.4, 0.5) is 4.79 Å². The highest BCUT2D eigenvalue weighted by molar-refractivity contribution is 5.75. The number of rotatable bonds is 1. The van der Waals surface area contributed by atoms with E-state index in [1.165, 1.54) is 6.42 Å². The first-order valence-corrected chi connectivity index (χ1v) is 6.57. The molecule has 5 heteroatoms. The molecule has 0 aromatic carbocycles. The van der Waals surface area contributed by atoms with Gasteiger partial charge in [0, 0.05) is 32.2 Å². The molecule has 0 spiro atoms. The number of urea groups is 1. The smallest absolute Gasteiger partial charge is 0.320 e. The Morgan fingerprint density at radius 2 is 2.06 bits per heavy atom. The Labute approximate surface area is 103 Å². The summed E-state index contributed by atoms with van der Waals surface area (Å²) >= 11 is 0. The van der Waals surface area contributed by atoms with Crippen LogP contribution in [0.2, 0.25) is 0 Å². The normalized spacial score (nSPS) is 30.5. The zero-order chi connectivity index (χ0) is 12.3. The van der Waals surface area contributed by atoms with Crippen LogP contribution in [0.5, 0.6) is 0 Å². The van der Waals surface area contributed by atoms with Crippen LogP contribution < -0.4 is 5.73 Å². The third kappa shape index (κ3) is 2.72. The summed E-state index contributed by atoms with van der Waals surface area (Å²) in [5.41, 5.74) is 5.81. The van der Waals surface area contributed by atoms with E-state index in [4.69, 9.17) is 10.5 Å². The summed E-state index contributed by atoms with van der Waals surface area (Å²) in [5, 5.41) is 0. The van der Waals surface area contributed by atoms with Gasteiger partial charge in [-0.15, -0.1) is 0 Å². The summed E-state index contributed by atoms with van der Waals surface area (Å²) in [6.07, 6.45) is 2.27. The quantitative estimate of drug-likeness (QED) is 0.727. The average Bonchev–Trinajstić information content (AvgIpc) is 2.38. The van der Waals surface area contributed by atoms with Gasteiger partial charge in [0.15, 0.2) is 0 Å². The predicted octanol–water partition coefficient (Wildman–Crippen LogP) is 0.498. The fourth-order valence-electron chi connectivity index (χ4n) is 2.78. The molecule has 2 aliphatic heterocycles. The van der Waals surface area contributed by atoms with Crippen LogP contribution in [0.3, 0.4) is 0 Å². The van der Waals surface area contributed by atoms with Gasteiger partial charge in [0.2, 0.25) is 0 Å². The van der Waals surface area contributed by atoms with E-state index in [9.17, 15) is 4.79 Å². The van der Waals surface area contributed by atoms with E-state index in [-0.39, 0.29) is 12.1 Å². The molecule has 2 rings (SSSR count). The monoisotopic (exact) mass is 241 g/mol. The van der Waals surface area contributed by atoms with Crippen molar-refractivity contribution < 1.29 is 9.53 Å². The molecule has 2 atom stereocenters. The van der Waals surface area contributed by atoms with Crippen molar-refractivity contribution in [2.45, 2.75) is 25.8 Å². The number of nitrogens with zero attached hydrogens (tertiary/aromatic N) is 2. The number of carbonyl (C=O) groups excluding carboxylic acids is 1. The topological polar surface area (TPSA) is 58.8 Å². The molecule has 2 aliphatic rings. The van der Waals surface area contributed by atoms with Crippen molar-refractivity contribution in [2.24, 2.45) is 11.7 Å². The Morgan fingerprint density at radius 3 is 2.71 bits per heavy atom. The van der Waals surface area contributed by atoms with E-state index in [1.807, 2.05) is 9.80 Å². The fraction of sp³-hybridized carbons (Fsp3) is 0.917. The maximum absolute atomic E-state index is 12.4. The van der Waals surface area contributed by atoms with E-state index in [0.29, 0.717) is 38.8 Å². The third-order valence-corrected chi connectivity index (χ3v) is 3.88. The molecule has 5 nitrogen and oxygen atoms in total. The maximum atomic E-state index is 12.4. The second-order valence-electron chi connectivity index (χ2n) is 5.00. The zero-order valence-corrected chi connectivity index (χ0v) is 10.6. The number of morpholine rings is 1. The molecule has 98 valence electrons. The summed E-state index contributed by atoms with van der Waals surface area (Å²) in [4.78, 5) is 16.3. The van der Waals surface area contributed by atoms with Crippen molar-refractivity contribution in [3.8, 4) is 0 Å². The highest BCUT2D eigenvalue weighted by Gasteiger charge is 2.33. The van der Waals surface area contributed by atoms with Gasteiger partial charge < -0.3 is 20.3 Å². The van der Waals surface area contributed by atoms with Gasteiger partial charge in [0.25, 0.3) is 0 Å². The zero-order valence-electron chi connectivity index (χ0n) is 10.6. The van der Waals surface area contributed by atoms with Crippen LogP contribution in [0.1, 0.15) is 19.8 Å². The van der Waals surface area contributed by atoms with Crippen LogP contribution in [0, 0.1) is 5.92 Å². The molecule has 2 N–H and O–H groups in total. The Bertz CT molecular complexity index is 266. The van der Waals surface area contributed by atoms with Crippen LogP contribution >= 0.6 is 0 Å². The van der Waals surface area contributed by atoms with Crippen LogP contribution in [-0.2, 0) is 4.74 Å². The second kappa shape index (κ2) is 5.69. The lowest BCUT2D eigenvalue weighted by molar-refractivity contribution is 0.0312. The minimum absolute atomic E-state index is 0.148. The van der Waals surface area contributed by atoms with Crippen molar-refractivity contribution in [2.75, 3.05) is 39.4 Å². The molecule has 0 aliphatic carbocycles. The summed E-state index contributed by atoms with van der Waals surface area (Å²) in [6.45, 7) is 6.34. The van der Waals surface area contributed by atoms with Gasteiger partial charge in [-0.25, -0.2) is 4.79 Å². The maximum Gasteiger partial charge on any atom is 0.320 e. The SMILES string of the molecule is CC1CCCN(C(=O)N2CCOCC2)C1CN. The summed E-state index contributed by atoms with van der Waals surface area (Å²) < 4.78 is 5.27. The summed E-state index contributed by atoms with van der Waals surface area (Å²) in [5.74, 6) is 0.513. The number of nitrogens with two attached hydrogens (primary N) is 1. The molecule has 0 saturated carbocycles. The van der Waals surface area contributed by atoms with Gasteiger partial charge in [-0.2, -0.15) is 0 Å². The van der Waals surface area contributed by atoms with E-state index >= 15 is 0 Å². The summed E-state index contributed by atoms with van der Waals surface area (Å²) in [6, 6.07) is 0.356. The highest BCUT2D eigenvalue weighted by atomic mass is 16.5. The Kier molecular flexibility index (Phi) is 4.23. The molecule has 17 heavy (non-hydrogen) atoms. The van der Waals surface area contributed by atoms with Crippen LogP contribution in [-0.4, -0.2) is 61.3 Å². The number of piperidine rings is 1. The molecule has 0 aromatic rings. The molecule has 2 fully saturated rings. The number of hydrogen-bond acceptors (Lipinski definition) is 3. The van der Waals surface area contributed by atoms with Crippen molar-refractivity contribution in [3.05, 3.63) is 0 Å². The van der Waals surface area contributed by atoms with Crippen LogP contribution in [0.25, 0.3) is 0 Å². The van der Waals surface area contributed by atoms with Gasteiger partial charge in [-0.05, 0) is 18.8 Å². The molecular weight excluding hydrogens is 218 g/mol. The average molecular weight is 241 g/mol. The Hall–Kier alpha value is -0.810. The van der Waals surface area contributed by atoms with E-state index < -0.39 is 0 Å². The van der Waals surface area contributed by atoms with Crippen molar-refractivity contribution in [1.82, 2.24) is 9.80 Å². The largest absolute Gasteiger partial charge is 0.378 e. The van der Waals surface area contributed by atoms with Gasteiger partial charge in [-0.3, -0.25) is 0 Å². The molecule has 2 heterocycles. The first-order valence-electron chi connectivity index (χ1n) is 6.57. The van der Waals surface area contributed by atoms with E-state index in [1.54, 1.807) is 0 Å². The van der Waals surface area contributed by atoms with Crippen molar-refractivity contribution in [1.29, 1.82) is 0 Å². The third-order valence-electron chi connectivity index (χ3n) is 3.88. The van der Waals surface area contributed by atoms with Crippen LogP contribution in [0.15, 0.2) is 0 Å². The lowest BCUT2D eigenvalue weighted by Crippen LogP contribution is -2.57. The first-order chi connectivity index (χ1) is 8.24. The Morgan fingerprint density at radius 1 is 1.35 bits per heavy atom. The lowest BCUT2D eigenvalue weighted by atomic mass is 9.91. The van der Waals surface area contributed by atoms with Gasteiger partial charge in [0.1, 0.15) is 0 Å². The van der Waals surface area contributed by atoms with Gasteiger partial charge in [0.05, 0.1) is 13.2 Å². The molecular formula is C12H23N3O2. The predicted molar refractivity (Wildman–Crippen MR) is 65.7 cm³/mol. The number of amides is 2. The Balaban J connectivity index is 2.00. The van der Waals surface area contributed by atoms with Crippen molar-refractivity contribution >= 4 is 6.03 Å². The lowest BCUT2D eigenvalue weighted by Gasteiger charge is -2.42. The molecule has 2 saturated heterocycles. The number of hydrogen-bond donors (Lipinski definition) is 1. The minimum Gasteiger partial charge on any atom is -0.378 e. The number of carbonyl (C=O) groups is 1. The first kappa shape index (κ1) is 12.6.